The van der Waals surface area contributed by atoms with Crippen molar-refractivity contribution in [1.82, 2.24) is 4.90 Å². The Bertz CT molecular complexity index is 1040. The van der Waals surface area contributed by atoms with E-state index in [0.29, 0.717) is 43.1 Å². The van der Waals surface area contributed by atoms with Crippen LogP contribution in [0.25, 0.3) is 0 Å². The first-order valence-electron chi connectivity index (χ1n) is 10.2. The van der Waals surface area contributed by atoms with Crippen molar-refractivity contribution < 1.29 is 24.2 Å². The quantitative estimate of drug-likeness (QED) is 0.735. The third-order valence-corrected chi connectivity index (χ3v) is 6.95. The van der Waals surface area contributed by atoms with Gasteiger partial charge >= 0.3 is 5.97 Å². The second kappa shape index (κ2) is 8.13. The summed E-state index contributed by atoms with van der Waals surface area (Å²) in [5.41, 5.74) is 1.29. The molecule has 31 heavy (non-hydrogen) atoms. The molecule has 0 radical (unpaired) electrons. The van der Waals surface area contributed by atoms with E-state index in [1.54, 1.807) is 24.1 Å². The predicted molar refractivity (Wildman–Crippen MR) is 115 cm³/mol. The van der Waals surface area contributed by atoms with E-state index in [4.69, 9.17) is 11.6 Å². The molecule has 1 fully saturated rings. The van der Waals surface area contributed by atoms with Gasteiger partial charge in [-0.1, -0.05) is 11.6 Å². The van der Waals surface area contributed by atoms with Gasteiger partial charge in [-0.3, -0.25) is 9.59 Å². The summed E-state index contributed by atoms with van der Waals surface area (Å²) in [6, 6.07) is 8.96. The molecule has 1 spiro atoms. The molecule has 1 atom stereocenters. The van der Waals surface area contributed by atoms with E-state index < -0.39 is 17.3 Å². The van der Waals surface area contributed by atoms with Gasteiger partial charge in [0.25, 0.3) is 0 Å². The molecule has 2 aliphatic rings. The van der Waals surface area contributed by atoms with Crippen molar-refractivity contribution in [2.24, 2.45) is 5.92 Å². The van der Waals surface area contributed by atoms with Crippen molar-refractivity contribution in [1.29, 1.82) is 0 Å². The number of aromatic hydroxyl groups is 1. The van der Waals surface area contributed by atoms with Crippen molar-refractivity contribution in [3.63, 3.8) is 0 Å². The first kappa shape index (κ1) is 21.6. The molecule has 2 aliphatic heterocycles. The Morgan fingerprint density at radius 3 is 2.61 bits per heavy atom. The largest absolute Gasteiger partial charge is 0.508 e. The van der Waals surface area contributed by atoms with Gasteiger partial charge in [0.05, 0.1) is 11.3 Å². The number of carboxylic acid groups (broad SMARTS) is 1. The van der Waals surface area contributed by atoms with Crippen LogP contribution in [0.1, 0.15) is 24.0 Å². The zero-order chi connectivity index (χ0) is 22.3. The molecule has 1 unspecified atom stereocenters. The van der Waals surface area contributed by atoms with E-state index in [0.717, 1.165) is 11.3 Å². The third-order valence-electron chi connectivity index (χ3n) is 6.58. The highest BCUT2D eigenvalue weighted by Gasteiger charge is 2.51. The van der Waals surface area contributed by atoms with Gasteiger partial charge in [0.2, 0.25) is 5.91 Å². The van der Waals surface area contributed by atoms with Crippen LogP contribution < -0.4 is 4.90 Å². The summed E-state index contributed by atoms with van der Waals surface area (Å²) in [6.07, 6.45) is 1.21. The first-order chi connectivity index (χ1) is 14.7. The smallest absolute Gasteiger partial charge is 0.308 e. The monoisotopic (exact) mass is 446 g/mol. The summed E-state index contributed by atoms with van der Waals surface area (Å²) in [6.45, 7) is 1.37. The lowest BCUT2D eigenvalue weighted by Crippen LogP contribution is -2.49. The highest BCUT2D eigenvalue weighted by atomic mass is 35.5. The fourth-order valence-electron chi connectivity index (χ4n) is 4.85. The molecule has 0 saturated carbocycles. The number of anilines is 1. The lowest BCUT2D eigenvalue weighted by atomic mass is 9.73. The number of aliphatic carboxylic acids is 1. The van der Waals surface area contributed by atoms with Gasteiger partial charge in [-0.05, 0) is 79.9 Å². The van der Waals surface area contributed by atoms with Gasteiger partial charge in [-0.25, -0.2) is 4.39 Å². The van der Waals surface area contributed by atoms with Gasteiger partial charge in [-0.2, -0.15) is 0 Å². The van der Waals surface area contributed by atoms with E-state index in [2.05, 4.69) is 0 Å². The Hall–Kier alpha value is -2.64. The van der Waals surface area contributed by atoms with Crippen LogP contribution in [-0.4, -0.2) is 53.7 Å². The van der Waals surface area contributed by atoms with E-state index in [1.807, 2.05) is 4.90 Å². The molecule has 0 aromatic heterocycles. The number of phenols is 1. The molecule has 1 amide bonds. The number of halogens is 2. The number of carbonyl (C=O) groups excluding carboxylic acids is 1. The van der Waals surface area contributed by atoms with Crippen molar-refractivity contribution >= 4 is 29.2 Å². The van der Waals surface area contributed by atoms with Crippen LogP contribution in [0.4, 0.5) is 10.1 Å². The molecular formula is C23H24ClFN2O4. The number of phenolic OH excluding ortho intramolecular Hbond substituents is 1. The van der Waals surface area contributed by atoms with Crippen molar-refractivity contribution in [2.75, 3.05) is 31.6 Å². The molecule has 2 aromatic rings. The maximum Gasteiger partial charge on any atom is 0.308 e. The molecule has 4 rings (SSSR count). The number of amides is 1. The van der Waals surface area contributed by atoms with E-state index in [1.165, 1.54) is 24.3 Å². The summed E-state index contributed by atoms with van der Waals surface area (Å²) >= 11 is 6.17. The molecule has 164 valence electrons. The van der Waals surface area contributed by atoms with Crippen LogP contribution >= 0.6 is 11.6 Å². The SMILES string of the molecule is CN1C(=O)C2(CCN(CC(Cc3cc(O)ccc3Cl)C(=O)O)CC2)c2cc(F)ccc21. The van der Waals surface area contributed by atoms with Crippen molar-refractivity contribution in [3.8, 4) is 5.75 Å². The number of carboxylic acids is 1. The normalized spacial score (nSPS) is 18.9. The minimum absolute atomic E-state index is 0.0333. The van der Waals surface area contributed by atoms with Crippen LogP contribution in [0.5, 0.6) is 5.75 Å². The lowest BCUT2D eigenvalue weighted by Gasteiger charge is -2.39. The van der Waals surface area contributed by atoms with E-state index >= 15 is 0 Å². The second-order valence-corrected chi connectivity index (χ2v) is 8.83. The van der Waals surface area contributed by atoms with Gasteiger partial charge in [0, 0.05) is 24.3 Å². The number of rotatable bonds is 5. The Balaban J connectivity index is 1.48. The number of likely N-dealkylation sites (N-methyl/N-ethyl adjacent to an activating group) is 1. The summed E-state index contributed by atoms with van der Waals surface area (Å²) < 4.78 is 13.9. The first-order valence-corrected chi connectivity index (χ1v) is 10.6. The fourth-order valence-corrected chi connectivity index (χ4v) is 5.05. The zero-order valence-corrected chi connectivity index (χ0v) is 17.9. The Labute approximate surface area is 184 Å². The number of nitrogens with zero attached hydrogens (tertiary/aromatic N) is 2. The van der Waals surface area contributed by atoms with E-state index in [9.17, 15) is 24.2 Å². The maximum atomic E-state index is 13.9. The van der Waals surface area contributed by atoms with Crippen LogP contribution in [0, 0.1) is 11.7 Å². The van der Waals surface area contributed by atoms with Gasteiger partial charge < -0.3 is 20.0 Å². The molecule has 2 aromatic carbocycles. The van der Waals surface area contributed by atoms with Crippen molar-refractivity contribution in [2.45, 2.75) is 24.7 Å². The Morgan fingerprint density at radius 2 is 1.94 bits per heavy atom. The van der Waals surface area contributed by atoms with Crippen LogP contribution in [0.15, 0.2) is 36.4 Å². The van der Waals surface area contributed by atoms with E-state index in [-0.39, 0.29) is 23.9 Å². The summed E-state index contributed by atoms with van der Waals surface area (Å²) in [4.78, 5) is 28.6. The number of hydrogen-bond donors (Lipinski definition) is 2. The highest BCUT2D eigenvalue weighted by Crippen LogP contribution is 2.47. The number of benzene rings is 2. The highest BCUT2D eigenvalue weighted by molar-refractivity contribution is 6.31. The number of fused-ring (bicyclic) bond motifs is 2. The Morgan fingerprint density at radius 1 is 1.23 bits per heavy atom. The third kappa shape index (κ3) is 3.88. The molecule has 8 heteroatoms. The number of likely N-dealkylation sites (tertiary alicyclic amines) is 1. The minimum Gasteiger partial charge on any atom is -0.508 e. The molecule has 2 heterocycles. The van der Waals surface area contributed by atoms with Gasteiger partial charge in [0.1, 0.15) is 11.6 Å². The van der Waals surface area contributed by atoms with Crippen LogP contribution in [0.2, 0.25) is 5.02 Å². The molecule has 1 saturated heterocycles. The topological polar surface area (TPSA) is 81.1 Å². The zero-order valence-electron chi connectivity index (χ0n) is 17.1. The molecule has 0 aliphatic carbocycles. The van der Waals surface area contributed by atoms with Gasteiger partial charge in [-0.15, -0.1) is 0 Å². The molecular weight excluding hydrogens is 423 g/mol. The lowest BCUT2D eigenvalue weighted by molar-refractivity contribution is -0.142. The average Bonchev–Trinajstić information content (AvgIpc) is 2.93. The predicted octanol–water partition coefficient (Wildman–Crippen LogP) is 3.44. The van der Waals surface area contributed by atoms with Crippen LogP contribution in [-0.2, 0) is 21.4 Å². The number of hydrogen-bond acceptors (Lipinski definition) is 4. The molecule has 0 bridgehead atoms. The fraction of sp³-hybridized carbons (Fsp3) is 0.391. The maximum absolute atomic E-state index is 13.9. The molecule has 2 N–H and O–H groups in total. The van der Waals surface area contributed by atoms with Crippen LogP contribution in [0.3, 0.4) is 0 Å². The minimum atomic E-state index is -0.941. The van der Waals surface area contributed by atoms with Gasteiger partial charge in [0.15, 0.2) is 0 Å². The molecule has 6 nitrogen and oxygen atoms in total. The number of piperidine rings is 1. The average molecular weight is 447 g/mol. The Kier molecular flexibility index (Phi) is 5.66. The van der Waals surface area contributed by atoms with Crippen molar-refractivity contribution in [3.05, 3.63) is 58.4 Å². The number of carbonyl (C=O) groups is 2. The summed E-state index contributed by atoms with van der Waals surface area (Å²) in [5.74, 6) is -2.01. The summed E-state index contributed by atoms with van der Waals surface area (Å²) in [7, 11) is 1.71. The second-order valence-electron chi connectivity index (χ2n) is 8.42. The summed E-state index contributed by atoms with van der Waals surface area (Å²) in [5, 5.41) is 19.8. The standard InChI is InChI=1S/C23H24ClFN2O4/c1-26-20-5-2-16(25)12-18(20)23(22(26)31)6-8-27(9-7-23)13-15(21(29)30)10-14-11-17(28)3-4-19(14)24/h2-5,11-12,15,28H,6-10,13H2,1H3,(H,29,30).